The van der Waals surface area contributed by atoms with Crippen molar-refractivity contribution in [1.29, 1.82) is 0 Å². The summed E-state index contributed by atoms with van der Waals surface area (Å²) < 4.78 is 2.18. The zero-order valence-electron chi connectivity index (χ0n) is 10.7. The molecule has 1 unspecified atom stereocenters. The summed E-state index contributed by atoms with van der Waals surface area (Å²) >= 11 is 6.31. The van der Waals surface area contributed by atoms with Crippen molar-refractivity contribution in [3.63, 3.8) is 0 Å². The Morgan fingerprint density at radius 3 is 2.79 bits per heavy atom. The zero-order valence-corrected chi connectivity index (χ0v) is 11.5. The van der Waals surface area contributed by atoms with Crippen LogP contribution in [0, 0.1) is 0 Å². The predicted molar refractivity (Wildman–Crippen MR) is 74.5 cm³/mol. The number of benzene rings is 1. The Balaban J connectivity index is 1.83. The van der Waals surface area contributed by atoms with Crippen molar-refractivity contribution in [2.75, 3.05) is 0 Å². The Morgan fingerprint density at radius 2 is 1.95 bits per heavy atom. The van der Waals surface area contributed by atoms with Gasteiger partial charge in [0, 0.05) is 5.92 Å². The van der Waals surface area contributed by atoms with Gasteiger partial charge in [0.2, 0.25) is 5.28 Å². The normalized spacial score (nSPS) is 22.3. The molecule has 2 aliphatic rings. The lowest BCUT2D eigenvalue weighted by molar-refractivity contribution is 0.475. The van der Waals surface area contributed by atoms with Gasteiger partial charge in [0.25, 0.3) is 0 Å². The molecule has 0 spiro atoms. The summed E-state index contributed by atoms with van der Waals surface area (Å²) in [5.74, 6) is 1.67. The fraction of sp³-hybridized carbons (Fsp3) is 0.467. The third kappa shape index (κ3) is 1.88. The third-order valence-corrected chi connectivity index (χ3v) is 4.53. The second-order valence-electron chi connectivity index (χ2n) is 5.58. The number of aromatic nitrogens is 3. The Labute approximate surface area is 117 Å². The monoisotopic (exact) mass is 273 g/mol. The van der Waals surface area contributed by atoms with Gasteiger partial charge >= 0.3 is 0 Å². The van der Waals surface area contributed by atoms with Gasteiger partial charge in [-0.15, -0.1) is 10.2 Å². The maximum Gasteiger partial charge on any atom is 0.225 e. The first-order valence-electron chi connectivity index (χ1n) is 7.02. The van der Waals surface area contributed by atoms with E-state index >= 15 is 0 Å². The summed E-state index contributed by atoms with van der Waals surface area (Å²) in [6.07, 6.45) is 5.97. The first-order chi connectivity index (χ1) is 9.34. The van der Waals surface area contributed by atoms with Crippen LogP contribution in [-0.2, 0) is 6.42 Å². The second-order valence-corrected chi connectivity index (χ2v) is 5.92. The summed E-state index contributed by atoms with van der Waals surface area (Å²) in [6.45, 7) is 0. The first kappa shape index (κ1) is 11.5. The average molecular weight is 274 g/mol. The molecule has 1 aromatic carbocycles. The molecule has 0 amide bonds. The Hall–Kier alpha value is -1.35. The zero-order chi connectivity index (χ0) is 12.8. The van der Waals surface area contributed by atoms with E-state index in [0.717, 1.165) is 12.2 Å². The van der Waals surface area contributed by atoms with Gasteiger partial charge in [-0.1, -0.05) is 24.3 Å². The fourth-order valence-corrected chi connectivity index (χ4v) is 3.43. The highest BCUT2D eigenvalue weighted by atomic mass is 35.5. The molecule has 2 aromatic rings. The van der Waals surface area contributed by atoms with E-state index in [0.29, 0.717) is 17.2 Å². The van der Waals surface area contributed by atoms with Gasteiger partial charge in [-0.05, 0) is 54.8 Å². The van der Waals surface area contributed by atoms with E-state index in [2.05, 4.69) is 39.0 Å². The Kier molecular flexibility index (Phi) is 2.62. The van der Waals surface area contributed by atoms with Crippen LogP contribution < -0.4 is 0 Å². The van der Waals surface area contributed by atoms with Crippen LogP contribution in [0.2, 0.25) is 5.28 Å². The molecule has 1 saturated carbocycles. The smallest absolute Gasteiger partial charge is 0.225 e. The van der Waals surface area contributed by atoms with Gasteiger partial charge in [0.05, 0.1) is 6.04 Å². The minimum Gasteiger partial charge on any atom is -0.294 e. The molecular formula is C15H16ClN3. The molecule has 3 nitrogen and oxygen atoms in total. The molecule has 1 fully saturated rings. The molecule has 0 N–H and O–H groups in total. The van der Waals surface area contributed by atoms with E-state index in [4.69, 9.17) is 11.6 Å². The molecule has 2 aliphatic carbocycles. The topological polar surface area (TPSA) is 30.7 Å². The Bertz CT molecular complexity index is 616. The summed E-state index contributed by atoms with van der Waals surface area (Å²) in [6, 6.07) is 9.02. The van der Waals surface area contributed by atoms with Crippen LogP contribution >= 0.6 is 11.6 Å². The van der Waals surface area contributed by atoms with Crippen LogP contribution in [0.25, 0.3) is 0 Å². The number of hydrogen-bond donors (Lipinski definition) is 0. The molecule has 0 bridgehead atoms. The fourth-order valence-electron chi connectivity index (χ4n) is 3.19. The summed E-state index contributed by atoms with van der Waals surface area (Å²) in [7, 11) is 0. The molecule has 19 heavy (non-hydrogen) atoms. The molecule has 4 rings (SSSR count). The van der Waals surface area contributed by atoms with Crippen LogP contribution in [0.15, 0.2) is 24.3 Å². The number of rotatable bonds is 2. The van der Waals surface area contributed by atoms with Crippen molar-refractivity contribution in [2.24, 2.45) is 0 Å². The van der Waals surface area contributed by atoms with E-state index in [1.165, 1.54) is 36.8 Å². The third-order valence-electron chi connectivity index (χ3n) is 4.27. The van der Waals surface area contributed by atoms with E-state index in [-0.39, 0.29) is 0 Å². The quantitative estimate of drug-likeness (QED) is 0.835. The summed E-state index contributed by atoms with van der Waals surface area (Å²) in [4.78, 5) is 0. The molecule has 1 atom stereocenters. The van der Waals surface area contributed by atoms with Crippen molar-refractivity contribution >= 4 is 11.6 Å². The largest absolute Gasteiger partial charge is 0.294 e. The van der Waals surface area contributed by atoms with E-state index < -0.39 is 0 Å². The molecule has 0 saturated heterocycles. The highest BCUT2D eigenvalue weighted by molar-refractivity contribution is 6.28. The minimum atomic E-state index is 0.322. The maximum atomic E-state index is 6.31. The molecule has 1 aromatic heterocycles. The number of halogens is 1. The van der Waals surface area contributed by atoms with Crippen LogP contribution in [0.3, 0.4) is 0 Å². The molecule has 1 heterocycles. The maximum absolute atomic E-state index is 6.31. The SMILES string of the molecule is Clc1nnc(C2CC2)n1C1CCCc2ccccc21. The van der Waals surface area contributed by atoms with Crippen LogP contribution in [-0.4, -0.2) is 14.8 Å². The highest BCUT2D eigenvalue weighted by Crippen LogP contribution is 2.43. The number of nitrogens with zero attached hydrogens (tertiary/aromatic N) is 3. The van der Waals surface area contributed by atoms with Crippen molar-refractivity contribution in [2.45, 2.75) is 44.1 Å². The van der Waals surface area contributed by atoms with Crippen LogP contribution in [0.1, 0.15) is 54.6 Å². The van der Waals surface area contributed by atoms with Crippen molar-refractivity contribution < 1.29 is 0 Å². The van der Waals surface area contributed by atoms with Gasteiger partial charge < -0.3 is 0 Å². The van der Waals surface area contributed by atoms with Crippen LogP contribution in [0.5, 0.6) is 0 Å². The van der Waals surface area contributed by atoms with E-state index in [1.807, 2.05) is 0 Å². The lowest BCUT2D eigenvalue weighted by atomic mass is 9.87. The van der Waals surface area contributed by atoms with Gasteiger partial charge in [-0.3, -0.25) is 4.57 Å². The predicted octanol–water partition coefficient (Wildman–Crippen LogP) is 3.73. The van der Waals surface area contributed by atoms with Crippen molar-refractivity contribution in [3.8, 4) is 0 Å². The lowest BCUT2D eigenvalue weighted by Crippen LogP contribution is -2.19. The molecule has 4 heteroatoms. The van der Waals surface area contributed by atoms with Crippen LogP contribution in [0.4, 0.5) is 0 Å². The van der Waals surface area contributed by atoms with Gasteiger partial charge in [-0.2, -0.15) is 0 Å². The summed E-state index contributed by atoms with van der Waals surface area (Å²) in [5, 5.41) is 8.96. The second kappa shape index (κ2) is 4.34. The molecule has 98 valence electrons. The van der Waals surface area contributed by atoms with Crippen molar-refractivity contribution in [1.82, 2.24) is 14.8 Å². The van der Waals surface area contributed by atoms with Crippen molar-refractivity contribution in [3.05, 3.63) is 46.5 Å². The van der Waals surface area contributed by atoms with E-state index in [9.17, 15) is 0 Å². The van der Waals surface area contributed by atoms with Gasteiger partial charge in [0.15, 0.2) is 0 Å². The Morgan fingerprint density at radius 1 is 1.11 bits per heavy atom. The number of hydrogen-bond acceptors (Lipinski definition) is 2. The van der Waals surface area contributed by atoms with Gasteiger partial charge in [0.1, 0.15) is 5.82 Å². The molecular weight excluding hydrogens is 258 g/mol. The highest BCUT2D eigenvalue weighted by Gasteiger charge is 2.34. The van der Waals surface area contributed by atoms with Gasteiger partial charge in [-0.25, -0.2) is 0 Å². The number of fused-ring (bicyclic) bond motifs is 1. The van der Waals surface area contributed by atoms with E-state index in [1.54, 1.807) is 0 Å². The standard InChI is InChI=1S/C15H16ClN3/c16-15-18-17-14(11-8-9-11)19(15)13-7-3-5-10-4-1-2-6-12(10)13/h1-2,4,6,11,13H,3,5,7-9H2. The average Bonchev–Trinajstić information content (AvgIpc) is 3.22. The first-order valence-corrected chi connectivity index (χ1v) is 7.40. The lowest BCUT2D eigenvalue weighted by Gasteiger charge is -2.27. The summed E-state index contributed by atoms with van der Waals surface area (Å²) in [5.41, 5.74) is 2.85. The molecule has 0 aliphatic heterocycles. The molecule has 0 radical (unpaired) electrons. The minimum absolute atomic E-state index is 0.322. The number of aryl methyl sites for hydroxylation is 1.